The van der Waals surface area contributed by atoms with Crippen molar-refractivity contribution < 1.29 is 9.53 Å². The maximum Gasteiger partial charge on any atom is 0.265 e. The molecule has 2 aliphatic heterocycles. The standard InChI is InChI=1S/C23H23N3O2S/c27-23(21-15-24-22(29-21)18-4-2-1-3-5-18)26-11-9-25(10-12-26)16-17-6-7-20-19(14-17)8-13-28-20/h1-7,14-15H,8-13,16H2. The summed E-state index contributed by atoms with van der Waals surface area (Å²) in [5, 5.41) is 0.896. The van der Waals surface area contributed by atoms with Gasteiger partial charge in [0.2, 0.25) is 0 Å². The first-order valence-electron chi connectivity index (χ1n) is 10.0. The second-order valence-corrected chi connectivity index (χ2v) is 8.54. The van der Waals surface area contributed by atoms with Crippen molar-refractivity contribution >= 4 is 17.2 Å². The van der Waals surface area contributed by atoms with Crippen LogP contribution >= 0.6 is 11.3 Å². The molecule has 5 nitrogen and oxygen atoms in total. The number of fused-ring (bicyclic) bond motifs is 1. The molecule has 0 aliphatic carbocycles. The molecule has 6 heteroatoms. The van der Waals surface area contributed by atoms with Crippen LogP contribution in [0.5, 0.6) is 5.75 Å². The smallest absolute Gasteiger partial charge is 0.265 e. The SMILES string of the molecule is O=C(c1cnc(-c2ccccc2)s1)N1CCN(Cc2ccc3c(c2)CCO3)CC1. The zero-order valence-corrected chi connectivity index (χ0v) is 17.0. The summed E-state index contributed by atoms with van der Waals surface area (Å²) in [6.45, 7) is 5.02. The van der Waals surface area contributed by atoms with E-state index in [9.17, 15) is 4.79 Å². The second kappa shape index (κ2) is 7.97. The Balaban J connectivity index is 1.18. The van der Waals surface area contributed by atoms with Crippen LogP contribution in [0.4, 0.5) is 0 Å². The Hall–Kier alpha value is -2.70. The number of aromatic nitrogens is 1. The molecule has 0 N–H and O–H groups in total. The third-order valence-electron chi connectivity index (χ3n) is 5.56. The van der Waals surface area contributed by atoms with E-state index in [0.717, 1.165) is 66.9 Å². The number of amides is 1. The summed E-state index contributed by atoms with van der Waals surface area (Å²) < 4.78 is 5.59. The Bertz CT molecular complexity index is 1010. The fourth-order valence-corrected chi connectivity index (χ4v) is 4.84. The van der Waals surface area contributed by atoms with Gasteiger partial charge in [-0.1, -0.05) is 42.5 Å². The molecule has 0 radical (unpaired) electrons. The fourth-order valence-electron chi connectivity index (χ4n) is 3.95. The Labute approximate surface area is 174 Å². The Morgan fingerprint density at radius 2 is 1.90 bits per heavy atom. The average molecular weight is 406 g/mol. The van der Waals surface area contributed by atoms with Crippen molar-refractivity contribution in [1.29, 1.82) is 0 Å². The van der Waals surface area contributed by atoms with Gasteiger partial charge in [-0.05, 0) is 17.2 Å². The van der Waals surface area contributed by atoms with Crippen molar-refractivity contribution in [2.75, 3.05) is 32.8 Å². The average Bonchev–Trinajstić information content (AvgIpc) is 3.44. The monoisotopic (exact) mass is 405 g/mol. The zero-order valence-electron chi connectivity index (χ0n) is 16.2. The lowest BCUT2D eigenvalue weighted by Gasteiger charge is -2.34. The van der Waals surface area contributed by atoms with Gasteiger partial charge in [-0.2, -0.15) is 0 Å². The van der Waals surface area contributed by atoms with Gasteiger partial charge in [0.25, 0.3) is 5.91 Å². The number of nitrogens with zero attached hydrogens (tertiary/aromatic N) is 3. The fraction of sp³-hybridized carbons (Fsp3) is 0.304. The summed E-state index contributed by atoms with van der Waals surface area (Å²) >= 11 is 1.47. The van der Waals surface area contributed by atoms with E-state index in [2.05, 4.69) is 28.1 Å². The van der Waals surface area contributed by atoms with E-state index in [4.69, 9.17) is 4.74 Å². The molecule has 1 fully saturated rings. The number of thiazole rings is 1. The lowest BCUT2D eigenvalue weighted by atomic mass is 10.1. The minimum atomic E-state index is 0.0963. The minimum absolute atomic E-state index is 0.0963. The molecule has 1 amide bonds. The molecule has 29 heavy (non-hydrogen) atoms. The van der Waals surface area contributed by atoms with Crippen molar-refractivity contribution in [3.8, 4) is 16.3 Å². The van der Waals surface area contributed by atoms with E-state index >= 15 is 0 Å². The van der Waals surface area contributed by atoms with Crippen LogP contribution in [0.1, 0.15) is 20.8 Å². The third-order valence-corrected chi connectivity index (χ3v) is 6.59. The molecule has 2 aromatic carbocycles. The number of rotatable bonds is 4. The highest BCUT2D eigenvalue weighted by Crippen LogP contribution is 2.27. The highest BCUT2D eigenvalue weighted by Gasteiger charge is 2.24. The van der Waals surface area contributed by atoms with Gasteiger partial charge in [0.1, 0.15) is 15.6 Å². The van der Waals surface area contributed by atoms with Crippen LogP contribution in [-0.4, -0.2) is 53.5 Å². The van der Waals surface area contributed by atoms with Gasteiger partial charge >= 0.3 is 0 Å². The van der Waals surface area contributed by atoms with E-state index < -0.39 is 0 Å². The molecule has 1 aromatic heterocycles. The van der Waals surface area contributed by atoms with Gasteiger partial charge < -0.3 is 9.64 Å². The van der Waals surface area contributed by atoms with Crippen LogP contribution in [-0.2, 0) is 13.0 Å². The Kier molecular flexibility index (Phi) is 5.04. The van der Waals surface area contributed by atoms with E-state index in [-0.39, 0.29) is 5.91 Å². The summed E-state index contributed by atoms with van der Waals surface area (Å²) in [4.78, 5) is 22.4. The molecule has 0 atom stereocenters. The largest absolute Gasteiger partial charge is 0.493 e. The number of benzene rings is 2. The molecule has 0 spiro atoms. The first kappa shape index (κ1) is 18.3. The first-order valence-corrected chi connectivity index (χ1v) is 10.9. The number of hydrogen-bond donors (Lipinski definition) is 0. The number of piperazine rings is 1. The normalized spacial score (nSPS) is 16.5. The van der Waals surface area contributed by atoms with Gasteiger partial charge in [0.15, 0.2) is 0 Å². The van der Waals surface area contributed by atoms with E-state index in [1.807, 2.05) is 35.2 Å². The highest BCUT2D eigenvalue weighted by atomic mass is 32.1. The molecule has 0 saturated carbocycles. The number of ether oxygens (including phenoxy) is 1. The molecule has 2 aliphatic rings. The van der Waals surface area contributed by atoms with Crippen molar-refractivity contribution in [1.82, 2.24) is 14.8 Å². The van der Waals surface area contributed by atoms with Gasteiger partial charge in [0.05, 0.1) is 12.8 Å². The number of carbonyl (C=O) groups is 1. The minimum Gasteiger partial charge on any atom is -0.493 e. The van der Waals surface area contributed by atoms with Crippen LogP contribution in [0, 0.1) is 0 Å². The molecule has 0 bridgehead atoms. The maximum atomic E-state index is 12.9. The molecule has 3 aromatic rings. The molecule has 5 rings (SSSR count). The Morgan fingerprint density at radius 3 is 2.72 bits per heavy atom. The first-order chi connectivity index (χ1) is 14.3. The van der Waals surface area contributed by atoms with Crippen molar-refractivity contribution in [3.63, 3.8) is 0 Å². The van der Waals surface area contributed by atoms with E-state index in [1.54, 1.807) is 6.20 Å². The predicted octanol–water partition coefficient (Wildman–Crippen LogP) is 3.70. The summed E-state index contributed by atoms with van der Waals surface area (Å²) in [6, 6.07) is 16.5. The molecular formula is C23H23N3O2S. The predicted molar refractivity (Wildman–Crippen MR) is 114 cm³/mol. The maximum absolute atomic E-state index is 12.9. The van der Waals surface area contributed by atoms with Gasteiger partial charge in [-0.15, -0.1) is 11.3 Å². The topological polar surface area (TPSA) is 45.7 Å². The molecule has 148 valence electrons. The Morgan fingerprint density at radius 1 is 1.07 bits per heavy atom. The van der Waals surface area contributed by atoms with E-state index in [1.165, 1.54) is 22.5 Å². The second-order valence-electron chi connectivity index (χ2n) is 7.50. The van der Waals surface area contributed by atoms with Crippen molar-refractivity contribution in [2.45, 2.75) is 13.0 Å². The van der Waals surface area contributed by atoms with Gasteiger partial charge in [-0.25, -0.2) is 4.98 Å². The number of carbonyl (C=O) groups excluding carboxylic acids is 1. The summed E-state index contributed by atoms with van der Waals surface area (Å²) in [5.74, 6) is 1.13. The molecule has 3 heterocycles. The van der Waals surface area contributed by atoms with Crippen LogP contribution < -0.4 is 4.74 Å². The van der Waals surface area contributed by atoms with Gasteiger partial charge in [0, 0.05) is 44.7 Å². The van der Waals surface area contributed by atoms with Crippen LogP contribution in [0.2, 0.25) is 0 Å². The quantitative estimate of drug-likeness (QED) is 0.664. The number of hydrogen-bond acceptors (Lipinski definition) is 5. The summed E-state index contributed by atoms with van der Waals surface area (Å²) in [7, 11) is 0. The zero-order chi connectivity index (χ0) is 19.6. The molecular weight excluding hydrogens is 382 g/mol. The van der Waals surface area contributed by atoms with E-state index in [0.29, 0.717) is 0 Å². The van der Waals surface area contributed by atoms with Gasteiger partial charge in [-0.3, -0.25) is 9.69 Å². The highest BCUT2D eigenvalue weighted by molar-refractivity contribution is 7.16. The summed E-state index contributed by atoms with van der Waals surface area (Å²) in [5.41, 5.74) is 3.70. The van der Waals surface area contributed by atoms with Crippen LogP contribution in [0.25, 0.3) is 10.6 Å². The lowest BCUT2D eigenvalue weighted by molar-refractivity contribution is 0.0633. The third kappa shape index (κ3) is 3.91. The van der Waals surface area contributed by atoms with Crippen molar-refractivity contribution in [3.05, 3.63) is 70.7 Å². The molecule has 1 saturated heterocycles. The van der Waals surface area contributed by atoms with Crippen LogP contribution in [0.3, 0.4) is 0 Å². The van der Waals surface area contributed by atoms with Crippen LogP contribution in [0.15, 0.2) is 54.7 Å². The molecule has 0 unspecified atom stereocenters. The lowest BCUT2D eigenvalue weighted by Crippen LogP contribution is -2.48. The van der Waals surface area contributed by atoms with Crippen molar-refractivity contribution in [2.24, 2.45) is 0 Å². The summed E-state index contributed by atoms with van der Waals surface area (Å²) in [6.07, 6.45) is 2.72.